The van der Waals surface area contributed by atoms with Crippen LogP contribution in [0.1, 0.15) is 16.1 Å². The van der Waals surface area contributed by atoms with Crippen molar-refractivity contribution < 1.29 is 27.5 Å². The monoisotopic (exact) mass is 508 g/mol. The minimum atomic E-state index is -4.63. The average Bonchev–Trinajstić information content (AvgIpc) is 3.38. The minimum absolute atomic E-state index is 0.111. The zero-order valence-corrected chi connectivity index (χ0v) is 19.3. The van der Waals surface area contributed by atoms with Gasteiger partial charge in [-0.1, -0.05) is 17.8 Å². The van der Waals surface area contributed by atoms with Gasteiger partial charge in [0.25, 0.3) is 5.91 Å². The number of morpholine rings is 1. The predicted molar refractivity (Wildman–Crippen MR) is 123 cm³/mol. The number of rotatable bonds is 6. The van der Waals surface area contributed by atoms with Crippen LogP contribution in [0.4, 0.5) is 18.9 Å². The Hall–Kier alpha value is -2.96. The zero-order valence-electron chi connectivity index (χ0n) is 17.7. The lowest BCUT2D eigenvalue weighted by atomic mass is 10.1. The standard InChI is InChI=1S/C22H19F3N4O3S2/c23-22(24,25)18-12-16(17-2-1-11-33-17)27-21(28-18)34-13-19(30)26-15-5-3-14(4-6-15)20(31)29-7-9-32-10-8-29/h1-6,11-12H,7-10,13H2,(H,26,30). The number of hydrogen-bond donors (Lipinski definition) is 1. The number of thiophene rings is 1. The third-order valence-corrected chi connectivity index (χ3v) is 6.56. The molecule has 1 aromatic carbocycles. The lowest BCUT2D eigenvalue weighted by molar-refractivity contribution is -0.141. The zero-order chi connectivity index (χ0) is 24.1. The van der Waals surface area contributed by atoms with Crippen molar-refractivity contribution >= 4 is 40.6 Å². The van der Waals surface area contributed by atoms with Gasteiger partial charge in [0, 0.05) is 24.3 Å². The number of thioether (sulfide) groups is 1. The smallest absolute Gasteiger partial charge is 0.378 e. The lowest BCUT2D eigenvalue weighted by Crippen LogP contribution is -2.40. The summed E-state index contributed by atoms with van der Waals surface area (Å²) in [5, 5.41) is 4.27. The first kappa shape index (κ1) is 24.2. The van der Waals surface area contributed by atoms with Gasteiger partial charge in [-0.25, -0.2) is 9.97 Å². The molecule has 2 aromatic heterocycles. The molecule has 12 heteroatoms. The lowest BCUT2D eigenvalue weighted by Gasteiger charge is -2.26. The summed E-state index contributed by atoms with van der Waals surface area (Å²) in [6, 6.07) is 10.7. The second-order valence-corrected chi connectivity index (χ2v) is 9.11. The SMILES string of the molecule is O=C(CSc1nc(-c2cccs2)cc(C(F)(F)F)n1)Nc1ccc(C(=O)N2CCOCC2)cc1. The van der Waals surface area contributed by atoms with Gasteiger partial charge in [0.2, 0.25) is 5.91 Å². The number of nitrogens with zero attached hydrogens (tertiary/aromatic N) is 3. The van der Waals surface area contributed by atoms with Crippen molar-refractivity contribution in [1.82, 2.24) is 14.9 Å². The molecule has 34 heavy (non-hydrogen) atoms. The summed E-state index contributed by atoms with van der Waals surface area (Å²) in [5.74, 6) is -0.726. The maximum absolute atomic E-state index is 13.3. The van der Waals surface area contributed by atoms with Crippen LogP contribution in [0.3, 0.4) is 0 Å². The maximum atomic E-state index is 13.3. The van der Waals surface area contributed by atoms with Crippen molar-refractivity contribution in [1.29, 1.82) is 0 Å². The quantitative estimate of drug-likeness (QED) is 0.392. The fraction of sp³-hybridized carbons (Fsp3) is 0.273. The van der Waals surface area contributed by atoms with E-state index in [9.17, 15) is 22.8 Å². The number of aromatic nitrogens is 2. The van der Waals surface area contributed by atoms with Gasteiger partial charge in [0.15, 0.2) is 5.16 Å². The summed E-state index contributed by atoms with van der Waals surface area (Å²) in [7, 11) is 0. The largest absolute Gasteiger partial charge is 0.433 e. The van der Waals surface area contributed by atoms with Crippen molar-refractivity contribution in [2.24, 2.45) is 0 Å². The summed E-state index contributed by atoms with van der Waals surface area (Å²) < 4.78 is 45.1. The van der Waals surface area contributed by atoms with Crippen molar-refractivity contribution in [3.8, 4) is 10.6 Å². The highest BCUT2D eigenvalue weighted by molar-refractivity contribution is 7.99. The average molecular weight is 509 g/mol. The van der Waals surface area contributed by atoms with Gasteiger partial charge in [-0.2, -0.15) is 13.2 Å². The number of amides is 2. The van der Waals surface area contributed by atoms with E-state index in [4.69, 9.17) is 4.74 Å². The molecule has 2 amide bonds. The van der Waals surface area contributed by atoms with Crippen molar-refractivity contribution in [2.45, 2.75) is 11.3 Å². The molecule has 7 nitrogen and oxygen atoms in total. The van der Waals surface area contributed by atoms with Crippen molar-refractivity contribution in [3.05, 3.63) is 59.1 Å². The molecule has 1 N–H and O–H groups in total. The molecule has 1 saturated heterocycles. The fourth-order valence-corrected chi connectivity index (χ4v) is 4.50. The van der Waals surface area contributed by atoms with Crippen LogP contribution < -0.4 is 5.32 Å². The molecule has 0 saturated carbocycles. The Morgan fingerprint density at radius 1 is 1.12 bits per heavy atom. The summed E-state index contributed by atoms with van der Waals surface area (Å²) >= 11 is 2.08. The van der Waals surface area contributed by atoms with Crippen LogP contribution in [0.25, 0.3) is 10.6 Å². The van der Waals surface area contributed by atoms with E-state index in [-0.39, 0.29) is 22.5 Å². The molecule has 1 fully saturated rings. The van der Waals surface area contributed by atoms with Gasteiger partial charge in [0.05, 0.1) is 29.5 Å². The maximum Gasteiger partial charge on any atom is 0.433 e. The Morgan fingerprint density at radius 2 is 1.85 bits per heavy atom. The van der Waals surface area contributed by atoms with E-state index < -0.39 is 17.8 Å². The first-order valence-corrected chi connectivity index (χ1v) is 12.1. The van der Waals surface area contributed by atoms with E-state index in [1.807, 2.05) is 0 Å². The Balaban J connectivity index is 1.38. The molecule has 0 spiro atoms. The summed E-state index contributed by atoms with van der Waals surface area (Å²) in [5.41, 5.74) is 0.0520. The van der Waals surface area contributed by atoms with Crippen LogP contribution in [-0.2, 0) is 15.7 Å². The van der Waals surface area contributed by atoms with Gasteiger partial charge in [-0.3, -0.25) is 9.59 Å². The second kappa shape index (κ2) is 10.5. The number of alkyl halides is 3. The summed E-state index contributed by atoms with van der Waals surface area (Å²) in [6.07, 6.45) is -4.63. The van der Waals surface area contributed by atoms with E-state index >= 15 is 0 Å². The number of carbonyl (C=O) groups is 2. The Labute approximate surface area is 201 Å². The molecular formula is C22H19F3N4O3S2. The number of halogens is 3. The molecule has 0 unspecified atom stereocenters. The van der Waals surface area contributed by atoms with E-state index in [1.54, 1.807) is 46.7 Å². The topological polar surface area (TPSA) is 84.4 Å². The molecule has 1 aliphatic rings. The number of benzene rings is 1. The number of anilines is 1. The van der Waals surface area contributed by atoms with Crippen LogP contribution in [-0.4, -0.2) is 58.7 Å². The first-order valence-electron chi connectivity index (χ1n) is 10.2. The molecule has 3 aromatic rings. The van der Waals surface area contributed by atoms with Crippen LogP contribution in [0.5, 0.6) is 0 Å². The van der Waals surface area contributed by atoms with Crippen molar-refractivity contribution in [3.63, 3.8) is 0 Å². The summed E-state index contributed by atoms with van der Waals surface area (Å²) in [6.45, 7) is 2.06. The third-order valence-electron chi connectivity index (χ3n) is 4.82. The van der Waals surface area contributed by atoms with Gasteiger partial charge >= 0.3 is 6.18 Å². The molecule has 0 aliphatic carbocycles. The second-order valence-electron chi connectivity index (χ2n) is 7.21. The highest BCUT2D eigenvalue weighted by Gasteiger charge is 2.34. The molecule has 1 aliphatic heterocycles. The number of hydrogen-bond acceptors (Lipinski definition) is 7. The molecule has 3 heterocycles. The predicted octanol–water partition coefficient (Wildman–Crippen LogP) is 4.43. The molecule has 0 atom stereocenters. The van der Waals surface area contributed by atoms with Crippen LogP contribution in [0, 0.1) is 0 Å². The third kappa shape index (κ3) is 6.13. The number of carbonyl (C=O) groups excluding carboxylic acids is 2. The first-order chi connectivity index (χ1) is 16.3. The number of nitrogens with one attached hydrogen (secondary N) is 1. The van der Waals surface area contributed by atoms with Gasteiger partial charge in [-0.15, -0.1) is 11.3 Å². The Morgan fingerprint density at radius 3 is 2.50 bits per heavy atom. The normalized spacial score (nSPS) is 14.1. The van der Waals surface area contributed by atoms with Crippen molar-refractivity contribution in [2.75, 3.05) is 37.4 Å². The molecule has 4 rings (SSSR count). The summed E-state index contributed by atoms with van der Waals surface area (Å²) in [4.78, 5) is 34.9. The van der Waals surface area contributed by atoms with Gasteiger partial charge in [-0.05, 0) is 41.8 Å². The highest BCUT2D eigenvalue weighted by Crippen LogP contribution is 2.33. The fourth-order valence-electron chi connectivity index (χ4n) is 3.16. The van der Waals surface area contributed by atoms with E-state index in [2.05, 4.69) is 15.3 Å². The van der Waals surface area contributed by atoms with Crippen LogP contribution in [0.15, 0.2) is 53.0 Å². The van der Waals surface area contributed by atoms with Gasteiger partial charge < -0.3 is 15.0 Å². The highest BCUT2D eigenvalue weighted by atomic mass is 32.2. The molecule has 178 valence electrons. The molecule has 0 bridgehead atoms. The van der Waals surface area contributed by atoms with E-state index in [0.29, 0.717) is 42.4 Å². The molecular weight excluding hydrogens is 489 g/mol. The van der Waals surface area contributed by atoms with Gasteiger partial charge in [0.1, 0.15) is 5.69 Å². The minimum Gasteiger partial charge on any atom is -0.378 e. The Bertz CT molecular complexity index is 1150. The van der Waals surface area contributed by atoms with Crippen LogP contribution in [0.2, 0.25) is 0 Å². The Kier molecular flexibility index (Phi) is 7.49. The van der Waals surface area contributed by atoms with Crippen LogP contribution >= 0.6 is 23.1 Å². The van der Waals surface area contributed by atoms with E-state index in [0.717, 1.165) is 17.8 Å². The molecule has 0 radical (unpaired) electrons. The number of ether oxygens (including phenoxy) is 1. The van der Waals surface area contributed by atoms with E-state index in [1.165, 1.54) is 11.3 Å².